The fourth-order valence-electron chi connectivity index (χ4n) is 2.95. The van der Waals surface area contributed by atoms with Gasteiger partial charge in [-0.3, -0.25) is 9.89 Å². The zero-order chi connectivity index (χ0) is 18.4. The lowest BCUT2D eigenvalue weighted by molar-refractivity contribution is 0.0982. The molecule has 0 aliphatic carbocycles. The fourth-order valence-corrected chi connectivity index (χ4v) is 2.95. The van der Waals surface area contributed by atoms with E-state index in [1.807, 2.05) is 37.4 Å². The fraction of sp³-hybridized carbons (Fsp3) is 0.273. The number of anilines is 1. The standard InChI is InChI=1S/C22H25N3O/c1-3-5-22(26)18-10-12-19(13-11-18)23-15-21-20(14-24-25-21)17-8-6-16(4-2)7-9-17/h6-14,23H,3-5,15H2,1-2H3,(H,24,25). The number of benzene rings is 2. The summed E-state index contributed by atoms with van der Waals surface area (Å²) in [5.74, 6) is 0.198. The van der Waals surface area contributed by atoms with E-state index < -0.39 is 0 Å². The van der Waals surface area contributed by atoms with E-state index in [1.54, 1.807) is 0 Å². The largest absolute Gasteiger partial charge is 0.379 e. The van der Waals surface area contributed by atoms with Crippen molar-refractivity contribution < 1.29 is 4.79 Å². The number of carbonyl (C=O) groups is 1. The molecule has 1 heterocycles. The van der Waals surface area contributed by atoms with E-state index in [2.05, 4.69) is 46.7 Å². The number of H-pyrrole nitrogens is 1. The smallest absolute Gasteiger partial charge is 0.162 e. The summed E-state index contributed by atoms with van der Waals surface area (Å²) >= 11 is 0. The molecule has 0 aliphatic rings. The molecule has 0 radical (unpaired) electrons. The number of carbonyl (C=O) groups excluding carboxylic acids is 1. The lowest BCUT2D eigenvalue weighted by Crippen LogP contribution is -2.02. The van der Waals surface area contributed by atoms with Crippen molar-refractivity contribution >= 4 is 11.5 Å². The van der Waals surface area contributed by atoms with Crippen LogP contribution in [-0.2, 0) is 13.0 Å². The van der Waals surface area contributed by atoms with Gasteiger partial charge < -0.3 is 5.32 Å². The van der Waals surface area contributed by atoms with Crippen LogP contribution in [0.2, 0.25) is 0 Å². The highest BCUT2D eigenvalue weighted by Crippen LogP contribution is 2.23. The molecule has 0 saturated carbocycles. The maximum absolute atomic E-state index is 11.9. The Kier molecular flexibility index (Phi) is 5.84. The Morgan fingerprint density at radius 3 is 2.42 bits per heavy atom. The SMILES string of the molecule is CCCC(=O)c1ccc(NCc2n[nH]cc2-c2ccc(CC)cc2)cc1. The highest BCUT2D eigenvalue weighted by atomic mass is 16.1. The van der Waals surface area contributed by atoms with Crippen LogP contribution in [0.1, 0.15) is 48.3 Å². The van der Waals surface area contributed by atoms with Crippen molar-refractivity contribution in [1.29, 1.82) is 0 Å². The molecular weight excluding hydrogens is 322 g/mol. The number of Topliss-reactive ketones (excluding diaryl/α,β-unsaturated/α-hetero) is 1. The topological polar surface area (TPSA) is 57.8 Å². The molecule has 0 saturated heterocycles. The Labute approximate surface area is 154 Å². The van der Waals surface area contributed by atoms with E-state index >= 15 is 0 Å². The van der Waals surface area contributed by atoms with E-state index in [0.717, 1.165) is 40.9 Å². The molecule has 4 heteroatoms. The molecule has 3 rings (SSSR count). The molecule has 0 bridgehead atoms. The Bertz CT molecular complexity index is 848. The first-order valence-electron chi connectivity index (χ1n) is 9.20. The van der Waals surface area contributed by atoms with E-state index in [1.165, 1.54) is 5.56 Å². The van der Waals surface area contributed by atoms with Crippen LogP contribution in [0.5, 0.6) is 0 Å². The van der Waals surface area contributed by atoms with Crippen LogP contribution in [-0.4, -0.2) is 16.0 Å². The number of aryl methyl sites for hydroxylation is 1. The van der Waals surface area contributed by atoms with Crippen molar-refractivity contribution in [2.45, 2.75) is 39.7 Å². The predicted molar refractivity (Wildman–Crippen MR) is 106 cm³/mol. The summed E-state index contributed by atoms with van der Waals surface area (Å²) in [4.78, 5) is 11.9. The van der Waals surface area contributed by atoms with Crippen LogP contribution < -0.4 is 5.32 Å². The first-order valence-corrected chi connectivity index (χ1v) is 9.20. The van der Waals surface area contributed by atoms with Gasteiger partial charge in [-0.2, -0.15) is 5.10 Å². The molecule has 0 amide bonds. The van der Waals surface area contributed by atoms with Gasteiger partial charge in [0.05, 0.1) is 12.2 Å². The molecule has 3 aromatic rings. The maximum Gasteiger partial charge on any atom is 0.162 e. The van der Waals surface area contributed by atoms with Gasteiger partial charge >= 0.3 is 0 Å². The summed E-state index contributed by atoms with van der Waals surface area (Å²) in [5, 5.41) is 10.7. The summed E-state index contributed by atoms with van der Waals surface area (Å²) < 4.78 is 0. The van der Waals surface area contributed by atoms with Gasteiger partial charge in [-0.1, -0.05) is 38.1 Å². The number of aromatic amines is 1. The first-order chi connectivity index (χ1) is 12.7. The van der Waals surface area contributed by atoms with Crippen molar-refractivity contribution in [1.82, 2.24) is 10.2 Å². The van der Waals surface area contributed by atoms with Gasteiger partial charge in [0.15, 0.2) is 5.78 Å². The van der Waals surface area contributed by atoms with Gasteiger partial charge in [0.1, 0.15) is 0 Å². The van der Waals surface area contributed by atoms with Crippen LogP contribution >= 0.6 is 0 Å². The van der Waals surface area contributed by atoms with Crippen molar-refractivity contribution in [3.8, 4) is 11.1 Å². The number of aromatic nitrogens is 2. The van der Waals surface area contributed by atoms with E-state index in [4.69, 9.17) is 0 Å². The Morgan fingerprint density at radius 1 is 1.04 bits per heavy atom. The van der Waals surface area contributed by atoms with Gasteiger partial charge in [-0.25, -0.2) is 0 Å². The Hall–Kier alpha value is -2.88. The number of rotatable bonds is 8. The number of ketones is 1. The second-order valence-electron chi connectivity index (χ2n) is 6.40. The lowest BCUT2D eigenvalue weighted by Gasteiger charge is -2.08. The average molecular weight is 347 g/mol. The minimum absolute atomic E-state index is 0.198. The van der Waals surface area contributed by atoms with Gasteiger partial charge in [0.25, 0.3) is 0 Å². The van der Waals surface area contributed by atoms with Crippen molar-refractivity contribution in [3.63, 3.8) is 0 Å². The third-order valence-corrected chi connectivity index (χ3v) is 4.54. The first kappa shape index (κ1) is 17.9. The quantitative estimate of drug-likeness (QED) is 0.548. The minimum atomic E-state index is 0.198. The number of nitrogens with zero attached hydrogens (tertiary/aromatic N) is 1. The molecular formula is C22H25N3O. The second-order valence-corrected chi connectivity index (χ2v) is 6.40. The normalized spacial score (nSPS) is 10.7. The average Bonchev–Trinajstić information content (AvgIpc) is 3.15. The zero-order valence-electron chi connectivity index (χ0n) is 15.4. The summed E-state index contributed by atoms with van der Waals surface area (Å²) in [7, 11) is 0. The summed E-state index contributed by atoms with van der Waals surface area (Å²) in [6, 6.07) is 16.3. The van der Waals surface area contributed by atoms with Crippen molar-refractivity contribution in [2.75, 3.05) is 5.32 Å². The maximum atomic E-state index is 11.9. The van der Waals surface area contributed by atoms with E-state index in [0.29, 0.717) is 13.0 Å². The van der Waals surface area contributed by atoms with Crippen LogP contribution in [0.25, 0.3) is 11.1 Å². The highest BCUT2D eigenvalue weighted by Gasteiger charge is 2.09. The van der Waals surface area contributed by atoms with Gasteiger partial charge in [-0.15, -0.1) is 0 Å². The molecule has 0 atom stereocenters. The van der Waals surface area contributed by atoms with E-state index in [-0.39, 0.29) is 5.78 Å². The van der Waals surface area contributed by atoms with Gasteiger partial charge in [0, 0.05) is 29.4 Å². The van der Waals surface area contributed by atoms with Gasteiger partial charge in [-0.05, 0) is 48.2 Å². The molecule has 26 heavy (non-hydrogen) atoms. The van der Waals surface area contributed by atoms with Crippen LogP contribution in [0.3, 0.4) is 0 Å². The molecule has 0 spiro atoms. The predicted octanol–water partition coefficient (Wildman–Crippen LogP) is 5.23. The number of hydrogen-bond acceptors (Lipinski definition) is 3. The molecule has 0 unspecified atom stereocenters. The third kappa shape index (κ3) is 4.20. The summed E-state index contributed by atoms with van der Waals surface area (Å²) in [6.07, 6.45) is 4.45. The van der Waals surface area contributed by atoms with Crippen LogP contribution in [0.15, 0.2) is 54.7 Å². The lowest BCUT2D eigenvalue weighted by atomic mass is 10.0. The molecule has 0 aliphatic heterocycles. The number of nitrogens with one attached hydrogen (secondary N) is 2. The molecule has 1 aromatic heterocycles. The van der Waals surface area contributed by atoms with Crippen molar-refractivity contribution in [2.24, 2.45) is 0 Å². The molecule has 0 fully saturated rings. The Balaban J connectivity index is 1.67. The third-order valence-electron chi connectivity index (χ3n) is 4.54. The summed E-state index contributed by atoms with van der Waals surface area (Å²) in [6.45, 7) is 4.80. The molecule has 2 aromatic carbocycles. The van der Waals surface area contributed by atoms with Crippen LogP contribution in [0.4, 0.5) is 5.69 Å². The van der Waals surface area contributed by atoms with Crippen LogP contribution in [0, 0.1) is 0 Å². The minimum Gasteiger partial charge on any atom is -0.379 e. The number of hydrogen-bond donors (Lipinski definition) is 2. The molecule has 4 nitrogen and oxygen atoms in total. The monoisotopic (exact) mass is 347 g/mol. The van der Waals surface area contributed by atoms with Gasteiger partial charge in [0.2, 0.25) is 0 Å². The second kappa shape index (κ2) is 8.48. The highest BCUT2D eigenvalue weighted by molar-refractivity contribution is 5.96. The Morgan fingerprint density at radius 2 is 1.77 bits per heavy atom. The zero-order valence-corrected chi connectivity index (χ0v) is 15.4. The van der Waals surface area contributed by atoms with E-state index in [9.17, 15) is 4.79 Å². The molecule has 2 N–H and O–H groups in total. The summed E-state index contributed by atoms with van der Waals surface area (Å²) in [5.41, 5.74) is 6.32. The van der Waals surface area contributed by atoms with Crippen molar-refractivity contribution in [3.05, 3.63) is 71.5 Å². The molecule has 134 valence electrons.